The van der Waals surface area contributed by atoms with Crippen LogP contribution in [0, 0.1) is 0 Å². The van der Waals surface area contributed by atoms with Gasteiger partial charge in [-0.25, -0.2) is 0 Å². The van der Waals surface area contributed by atoms with Gasteiger partial charge in [0.1, 0.15) is 0 Å². The second kappa shape index (κ2) is 7.52. The van der Waals surface area contributed by atoms with Gasteiger partial charge in [0.05, 0.1) is 6.42 Å². The van der Waals surface area contributed by atoms with Gasteiger partial charge in [0, 0.05) is 25.0 Å². The normalized spacial score (nSPS) is 13.4. The van der Waals surface area contributed by atoms with Crippen molar-refractivity contribution in [2.45, 2.75) is 31.8 Å². The molecule has 130 valence electrons. The summed E-state index contributed by atoms with van der Waals surface area (Å²) in [5.41, 5.74) is 4.58. The van der Waals surface area contributed by atoms with Crippen LogP contribution in [0.25, 0.3) is 11.1 Å². The Labute approximate surface area is 154 Å². The van der Waals surface area contributed by atoms with Crippen molar-refractivity contribution >= 4 is 5.91 Å². The fourth-order valence-corrected chi connectivity index (χ4v) is 3.21. The maximum absolute atomic E-state index is 12.9. The number of hydrogen-bond donors (Lipinski definition) is 0. The molecule has 1 amide bonds. The van der Waals surface area contributed by atoms with Gasteiger partial charge in [-0.3, -0.25) is 9.78 Å². The molecule has 2 aromatic carbocycles. The van der Waals surface area contributed by atoms with Gasteiger partial charge >= 0.3 is 0 Å². The van der Waals surface area contributed by atoms with E-state index in [-0.39, 0.29) is 5.91 Å². The Morgan fingerprint density at radius 3 is 2.15 bits per heavy atom. The first-order valence-corrected chi connectivity index (χ1v) is 9.12. The lowest BCUT2D eigenvalue weighted by Crippen LogP contribution is -2.33. The number of benzene rings is 2. The standard InChI is InChI=1S/C23H22N2O/c26-23(25(22-10-11-22)17-19-12-14-24-15-13-19)16-18-6-8-21(9-7-18)20-4-2-1-3-5-20/h1-9,12-15,22H,10-11,16-17H2. The third kappa shape index (κ3) is 3.99. The minimum Gasteiger partial charge on any atom is -0.335 e. The molecular weight excluding hydrogens is 320 g/mol. The smallest absolute Gasteiger partial charge is 0.227 e. The van der Waals surface area contributed by atoms with E-state index in [1.807, 2.05) is 35.2 Å². The molecule has 0 saturated heterocycles. The molecule has 3 heteroatoms. The van der Waals surface area contributed by atoms with Crippen LogP contribution in [0.3, 0.4) is 0 Å². The van der Waals surface area contributed by atoms with Crippen molar-refractivity contribution in [2.24, 2.45) is 0 Å². The Balaban J connectivity index is 1.44. The summed E-state index contributed by atoms with van der Waals surface area (Å²) < 4.78 is 0. The molecule has 0 aliphatic heterocycles. The topological polar surface area (TPSA) is 33.2 Å². The van der Waals surface area contributed by atoms with Crippen LogP contribution in [0.2, 0.25) is 0 Å². The number of rotatable bonds is 6. The number of amides is 1. The number of carbonyl (C=O) groups is 1. The highest BCUT2D eigenvalue weighted by molar-refractivity contribution is 5.79. The van der Waals surface area contributed by atoms with Gasteiger partial charge in [-0.2, -0.15) is 0 Å². The van der Waals surface area contributed by atoms with Crippen LogP contribution < -0.4 is 0 Å². The summed E-state index contributed by atoms with van der Waals surface area (Å²) in [7, 11) is 0. The Morgan fingerprint density at radius 2 is 1.50 bits per heavy atom. The Hall–Kier alpha value is -2.94. The molecule has 0 N–H and O–H groups in total. The van der Waals surface area contributed by atoms with Crippen LogP contribution >= 0.6 is 0 Å². The lowest BCUT2D eigenvalue weighted by Gasteiger charge is -2.22. The molecule has 1 aliphatic rings. The van der Waals surface area contributed by atoms with E-state index in [2.05, 4.69) is 41.4 Å². The molecule has 0 spiro atoms. The van der Waals surface area contributed by atoms with E-state index < -0.39 is 0 Å². The fourth-order valence-electron chi connectivity index (χ4n) is 3.21. The van der Waals surface area contributed by atoms with Gasteiger partial charge in [0.15, 0.2) is 0 Å². The quantitative estimate of drug-likeness (QED) is 0.661. The molecule has 3 aromatic rings. The number of aromatic nitrogens is 1. The lowest BCUT2D eigenvalue weighted by atomic mass is 10.0. The van der Waals surface area contributed by atoms with Crippen LogP contribution in [-0.2, 0) is 17.8 Å². The molecule has 1 saturated carbocycles. The van der Waals surface area contributed by atoms with Crippen molar-refractivity contribution in [1.29, 1.82) is 0 Å². The van der Waals surface area contributed by atoms with E-state index in [0.717, 1.165) is 24.0 Å². The first-order chi connectivity index (χ1) is 12.8. The zero-order chi connectivity index (χ0) is 17.8. The highest BCUT2D eigenvalue weighted by Crippen LogP contribution is 2.29. The van der Waals surface area contributed by atoms with E-state index in [1.54, 1.807) is 12.4 Å². The predicted molar refractivity (Wildman–Crippen MR) is 103 cm³/mol. The second-order valence-electron chi connectivity index (χ2n) is 6.85. The van der Waals surface area contributed by atoms with Crippen molar-refractivity contribution in [2.75, 3.05) is 0 Å². The zero-order valence-electron chi connectivity index (χ0n) is 14.7. The summed E-state index contributed by atoms with van der Waals surface area (Å²) in [6.45, 7) is 0.675. The van der Waals surface area contributed by atoms with Crippen molar-refractivity contribution in [3.63, 3.8) is 0 Å². The van der Waals surface area contributed by atoms with E-state index >= 15 is 0 Å². The van der Waals surface area contributed by atoms with Crippen molar-refractivity contribution in [1.82, 2.24) is 9.88 Å². The maximum atomic E-state index is 12.9. The van der Waals surface area contributed by atoms with Crippen LogP contribution in [0.4, 0.5) is 0 Å². The van der Waals surface area contributed by atoms with Crippen molar-refractivity contribution in [3.05, 3.63) is 90.3 Å². The third-order valence-corrected chi connectivity index (χ3v) is 4.83. The van der Waals surface area contributed by atoms with Crippen LogP contribution in [0.5, 0.6) is 0 Å². The summed E-state index contributed by atoms with van der Waals surface area (Å²) in [4.78, 5) is 18.9. The summed E-state index contributed by atoms with van der Waals surface area (Å²) >= 11 is 0. The molecule has 1 fully saturated rings. The first-order valence-electron chi connectivity index (χ1n) is 9.12. The molecule has 0 bridgehead atoms. The minimum atomic E-state index is 0.205. The number of hydrogen-bond acceptors (Lipinski definition) is 2. The molecule has 0 atom stereocenters. The summed E-state index contributed by atoms with van der Waals surface area (Å²) in [5.74, 6) is 0.205. The van der Waals surface area contributed by atoms with Gasteiger partial charge in [-0.05, 0) is 47.2 Å². The zero-order valence-corrected chi connectivity index (χ0v) is 14.7. The van der Waals surface area contributed by atoms with Gasteiger partial charge in [-0.1, -0.05) is 54.6 Å². The third-order valence-electron chi connectivity index (χ3n) is 4.83. The molecule has 1 aliphatic carbocycles. The number of nitrogens with zero attached hydrogens (tertiary/aromatic N) is 2. The van der Waals surface area contributed by atoms with Crippen LogP contribution in [-0.4, -0.2) is 21.8 Å². The summed E-state index contributed by atoms with van der Waals surface area (Å²) in [6, 6.07) is 23.0. The highest BCUT2D eigenvalue weighted by Gasteiger charge is 2.32. The van der Waals surface area contributed by atoms with E-state index in [4.69, 9.17) is 0 Å². The molecular formula is C23H22N2O. The number of carbonyl (C=O) groups excluding carboxylic acids is 1. The molecule has 1 aromatic heterocycles. The van der Waals surface area contributed by atoms with Gasteiger partial charge < -0.3 is 4.90 Å². The van der Waals surface area contributed by atoms with Gasteiger partial charge in [0.2, 0.25) is 5.91 Å². The summed E-state index contributed by atoms with van der Waals surface area (Å²) in [6.07, 6.45) is 6.25. The highest BCUT2D eigenvalue weighted by atomic mass is 16.2. The van der Waals surface area contributed by atoms with Crippen molar-refractivity contribution < 1.29 is 4.79 Å². The predicted octanol–water partition coefficient (Wildman–Crippen LogP) is 4.48. The van der Waals surface area contributed by atoms with Crippen LogP contribution in [0.1, 0.15) is 24.0 Å². The van der Waals surface area contributed by atoms with E-state index in [0.29, 0.717) is 19.0 Å². The lowest BCUT2D eigenvalue weighted by molar-refractivity contribution is -0.131. The molecule has 26 heavy (non-hydrogen) atoms. The Morgan fingerprint density at radius 1 is 0.846 bits per heavy atom. The van der Waals surface area contributed by atoms with Gasteiger partial charge in [-0.15, -0.1) is 0 Å². The average molecular weight is 342 g/mol. The van der Waals surface area contributed by atoms with E-state index in [1.165, 1.54) is 11.1 Å². The maximum Gasteiger partial charge on any atom is 0.227 e. The molecule has 4 rings (SSSR count). The average Bonchev–Trinajstić information content (AvgIpc) is 3.53. The van der Waals surface area contributed by atoms with Crippen molar-refractivity contribution in [3.8, 4) is 11.1 Å². The number of pyridine rings is 1. The summed E-state index contributed by atoms with van der Waals surface area (Å²) in [5, 5.41) is 0. The SMILES string of the molecule is O=C(Cc1ccc(-c2ccccc2)cc1)N(Cc1ccncc1)C1CC1. The van der Waals surface area contributed by atoms with Gasteiger partial charge in [0.25, 0.3) is 0 Å². The molecule has 1 heterocycles. The molecule has 3 nitrogen and oxygen atoms in total. The molecule has 0 unspecified atom stereocenters. The van der Waals surface area contributed by atoms with Crippen LogP contribution in [0.15, 0.2) is 79.1 Å². The van der Waals surface area contributed by atoms with E-state index in [9.17, 15) is 4.79 Å². The Bertz CT molecular complexity index is 856. The molecule has 0 radical (unpaired) electrons. The second-order valence-corrected chi connectivity index (χ2v) is 6.85. The largest absolute Gasteiger partial charge is 0.335 e. The monoisotopic (exact) mass is 342 g/mol. The fraction of sp³-hybridized carbons (Fsp3) is 0.217. The first kappa shape index (κ1) is 16.5. The Kier molecular flexibility index (Phi) is 4.78. The minimum absolute atomic E-state index is 0.205.